The van der Waals surface area contributed by atoms with Crippen molar-refractivity contribution in [3.63, 3.8) is 0 Å². The molecule has 0 aromatic carbocycles. The van der Waals surface area contributed by atoms with Crippen LogP contribution in [-0.4, -0.2) is 99.4 Å². The maximum absolute atomic E-state index is 12.8. The summed E-state index contributed by atoms with van der Waals surface area (Å²) >= 11 is 0. The second-order valence-electron chi connectivity index (χ2n) is 7.10. The highest BCUT2D eigenvalue weighted by molar-refractivity contribution is 5.82. The minimum Gasteiger partial charge on any atom is -0.483 e. The van der Waals surface area contributed by atoms with Gasteiger partial charge in [-0.15, -0.1) is 0 Å². The molecule has 2 aliphatic rings. The monoisotopic (exact) mass is 411 g/mol. The number of carboxylic acid groups (broad SMARTS) is 2. The smallest absolute Gasteiger partial charge is 0.290 e. The van der Waals surface area contributed by atoms with Crippen molar-refractivity contribution in [3.05, 3.63) is 18.0 Å². The largest absolute Gasteiger partial charge is 0.483 e. The predicted octanol–water partition coefficient (Wildman–Crippen LogP) is 0.340. The number of piperidine rings is 1. The van der Waals surface area contributed by atoms with Crippen LogP contribution in [0, 0.1) is 0 Å². The van der Waals surface area contributed by atoms with Crippen LogP contribution < -0.4 is 0 Å². The van der Waals surface area contributed by atoms with Crippen LogP contribution in [0.4, 0.5) is 0 Å². The highest BCUT2D eigenvalue weighted by Gasteiger charge is 2.30. The Bertz CT molecular complexity index is 618. The lowest BCUT2D eigenvalue weighted by molar-refractivity contribution is -0.137. The van der Waals surface area contributed by atoms with Gasteiger partial charge in [-0.3, -0.25) is 28.9 Å². The highest BCUT2D eigenvalue weighted by atomic mass is 16.3. The molecule has 0 spiro atoms. The summed E-state index contributed by atoms with van der Waals surface area (Å²) in [4.78, 5) is 36.3. The highest BCUT2D eigenvalue weighted by Crippen LogP contribution is 2.18. The van der Waals surface area contributed by atoms with E-state index in [0.717, 1.165) is 52.1 Å². The second-order valence-corrected chi connectivity index (χ2v) is 7.10. The van der Waals surface area contributed by atoms with E-state index in [1.165, 1.54) is 18.5 Å². The van der Waals surface area contributed by atoms with E-state index in [2.05, 4.69) is 32.9 Å². The molecule has 1 aromatic heterocycles. The van der Waals surface area contributed by atoms with Gasteiger partial charge in [0.25, 0.3) is 12.9 Å². The third kappa shape index (κ3) is 8.20. The number of amides is 1. The maximum Gasteiger partial charge on any atom is 0.290 e. The average Bonchev–Trinajstić information content (AvgIpc) is 2.95. The van der Waals surface area contributed by atoms with E-state index in [9.17, 15) is 4.79 Å². The van der Waals surface area contributed by atoms with Crippen molar-refractivity contribution in [3.8, 4) is 0 Å². The van der Waals surface area contributed by atoms with Gasteiger partial charge in [-0.1, -0.05) is 6.42 Å². The van der Waals surface area contributed by atoms with Gasteiger partial charge in [-0.25, -0.2) is 0 Å². The number of aryl methyl sites for hydroxylation is 1. The molecule has 1 aromatic rings. The Morgan fingerprint density at radius 2 is 1.76 bits per heavy atom. The molecule has 0 radical (unpaired) electrons. The zero-order chi connectivity index (χ0) is 21.6. The number of likely N-dealkylation sites (tertiary alicyclic amines) is 1. The molecule has 1 amide bonds. The van der Waals surface area contributed by atoms with Crippen molar-refractivity contribution in [2.24, 2.45) is 7.05 Å². The van der Waals surface area contributed by atoms with E-state index in [4.69, 9.17) is 19.8 Å². The normalized spacial score (nSPS) is 20.3. The standard InChI is InChI=1S/C17H29N5O.2CH2O2/c1-19-9-4-3-6-16(19)17(23)22-11-5-10-21(12-13-22)14-15-7-8-18-20(15)2;2*2-1-3/h7-8,16H,3-6,9-14H2,1-2H3;2*1H,(H,2,3). The Kier molecular flexibility index (Phi) is 11.6. The summed E-state index contributed by atoms with van der Waals surface area (Å²) in [6.07, 6.45) is 6.33. The number of rotatable bonds is 3. The van der Waals surface area contributed by atoms with Crippen molar-refractivity contribution in [2.75, 3.05) is 39.8 Å². The van der Waals surface area contributed by atoms with Gasteiger partial charge >= 0.3 is 0 Å². The molecule has 2 saturated heterocycles. The van der Waals surface area contributed by atoms with E-state index >= 15 is 0 Å². The molecule has 0 saturated carbocycles. The second kappa shape index (κ2) is 13.7. The topological polar surface area (TPSA) is 119 Å². The van der Waals surface area contributed by atoms with E-state index < -0.39 is 0 Å². The first-order valence-electron chi connectivity index (χ1n) is 9.82. The van der Waals surface area contributed by atoms with Crippen molar-refractivity contribution in [2.45, 2.75) is 38.3 Å². The lowest BCUT2D eigenvalue weighted by Crippen LogP contribution is -2.50. The SMILES string of the molecule is CN1CCCCC1C(=O)N1CCCN(Cc2ccnn2C)CC1.O=CO.O=CO. The molecule has 29 heavy (non-hydrogen) atoms. The Balaban J connectivity index is 0.000000626. The lowest BCUT2D eigenvalue weighted by atomic mass is 10.0. The zero-order valence-electron chi connectivity index (χ0n) is 17.3. The van der Waals surface area contributed by atoms with E-state index in [1.807, 2.05) is 17.9 Å². The summed E-state index contributed by atoms with van der Waals surface area (Å²) in [6.45, 7) is 5.22. The van der Waals surface area contributed by atoms with Crippen LogP contribution in [0.2, 0.25) is 0 Å². The van der Waals surface area contributed by atoms with Crippen molar-refractivity contribution < 1.29 is 24.6 Å². The molecule has 10 nitrogen and oxygen atoms in total. The molecule has 3 rings (SSSR count). The number of aromatic nitrogens is 2. The molecule has 164 valence electrons. The molecule has 0 bridgehead atoms. The average molecular weight is 412 g/mol. The summed E-state index contributed by atoms with van der Waals surface area (Å²) in [7, 11) is 4.08. The minimum atomic E-state index is -0.250. The molecule has 3 heterocycles. The minimum absolute atomic E-state index is 0.104. The summed E-state index contributed by atoms with van der Waals surface area (Å²) < 4.78 is 1.94. The number of hydrogen-bond donors (Lipinski definition) is 2. The van der Waals surface area contributed by atoms with Gasteiger partial charge in [0.1, 0.15) is 0 Å². The summed E-state index contributed by atoms with van der Waals surface area (Å²) in [5.74, 6) is 0.342. The summed E-state index contributed by atoms with van der Waals surface area (Å²) in [5.41, 5.74) is 1.23. The molecule has 2 fully saturated rings. The molecule has 1 atom stereocenters. The van der Waals surface area contributed by atoms with Gasteiger partial charge in [0.05, 0.1) is 11.7 Å². The van der Waals surface area contributed by atoms with Crippen LogP contribution >= 0.6 is 0 Å². The number of likely N-dealkylation sites (N-methyl/N-ethyl adjacent to an activating group) is 1. The summed E-state index contributed by atoms with van der Waals surface area (Å²) in [6, 6.07) is 2.18. The van der Waals surface area contributed by atoms with Crippen LogP contribution in [0.15, 0.2) is 12.3 Å². The number of carbonyl (C=O) groups excluding carboxylic acids is 1. The van der Waals surface area contributed by atoms with Crippen LogP contribution in [0.5, 0.6) is 0 Å². The first kappa shape index (κ1) is 24.6. The third-order valence-electron chi connectivity index (χ3n) is 5.26. The van der Waals surface area contributed by atoms with Crippen molar-refractivity contribution >= 4 is 18.9 Å². The Hall–Kier alpha value is -2.46. The molecular formula is C19H33N5O5. The summed E-state index contributed by atoms with van der Waals surface area (Å²) in [5, 5.41) is 18.0. The molecule has 2 N–H and O–H groups in total. The number of carbonyl (C=O) groups is 3. The number of nitrogens with zero attached hydrogens (tertiary/aromatic N) is 5. The fourth-order valence-corrected chi connectivity index (χ4v) is 3.73. The van der Waals surface area contributed by atoms with Crippen LogP contribution in [0.25, 0.3) is 0 Å². The van der Waals surface area contributed by atoms with Crippen LogP contribution in [0.3, 0.4) is 0 Å². The van der Waals surface area contributed by atoms with E-state index in [1.54, 1.807) is 0 Å². The van der Waals surface area contributed by atoms with E-state index in [0.29, 0.717) is 5.91 Å². The fourth-order valence-electron chi connectivity index (χ4n) is 3.73. The van der Waals surface area contributed by atoms with Crippen molar-refractivity contribution in [1.82, 2.24) is 24.5 Å². The lowest BCUT2D eigenvalue weighted by Gasteiger charge is -2.35. The van der Waals surface area contributed by atoms with E-state index in [-0.39, 0.29) is 19.0 Å². The van der Waals surface area contributed by atoms with Crippen LogP contribution in [0.1, 0.15) is 31.4 Å². The maximum atomic E-state index is 12.8. The van der Waals surface area contributed by atoms with Crippen molar-refractivity contribution in [1.29, 1.82) is 0 Å². The number of hydrogen-bond acceptors (Lipinski definition) is 6. The van der Waals surface area contributed by atoms with Gasteiger partial charge in [0.2, 0.25) is 5.91 Å². The first-order chi connectivity index (χ1) is 14.0. The Morgan fingerprint density at radius 3 is 2.34 bits per heavy atom. The molecular weight excluding hydrogens is 378 g/mol. The molecule has 0 aliphatic carbocycles. The van der Waals surface area contributed by atoms with Crippen LogP contribution in [-0.2, 0) is 28.0 Å². The molecule has 1 unspecified atom stereocenters. The molecule has 2 aliphatic heterocycles. The Morgan fingerprint density at radius 1 is 1.07 bits per heavy atom. The Labute approximate surface area is 171 Å². The van der Waals surface area contributed by atoms with Gasteiger partial charge < -0.3 is 15.1 Å². The van der Waals surface area contributed by atoms with Gasteiger partial charge in [-0.05, 0) is 38.9 Å². The predicted molar refractivity (Wildman–Crippen MR) is 107 cm³/mol. The first-order valence-corrected chi connectivity index (χ1v) is 9.82. The van der Waals surface area contributed by atoms with Gasteiger partial charge in [0.15, 0.2) is 0 Å². The fraction of sp³-hybridized carbons (Fsp3) is 0.684. The quantitative estimate of drug-likeness (QED) is 0.684. The third-order valence-corrected chi connectivity index (χ3v) is 5.26. The van der Waals surface area contributed by atoms with Gasteiger partial charge in [0, 0.05) is 46.0 Å². The van der Waals surface area contributed by atoms with Gasteiger partial charge in [-0.2, -0.15) is 5.10 Å². The molecule has 10 heteroatoms. The zero-order valence-corrected chi connectivity index (χ0v) is 17.3.